The maximum Gasteiger partial charge on any atom is 0.472 e. The zero-order valence-corrected chi connectivity index (χ0v) is 8.71. The summed E-state index contributed by atoms with van der Waals surface area (Å²) in [5.74, 6) is 0. The van der Waals surface area contributed by atoms with Crippen LogP contribution in [0.5, 0.6) is 0 Å². The van der Waals surface area contributed by atoms with Gasteiger partial charge in [-0.05, 0) is 20.4 Å². The molecule has 0 aliphatic rings. The molecule has 6 heteroatoms. The van der Waals surface area contributed by atoms with Crippen LogP contribution < -0.4 is 5.73 Å². The molecule has 0 spiro atoms. The smallest absolute Gasteiger partial charge is 0.331 e. The Balaban J connectivity index is 0. The largest absolute Gasteiger partial charge is 0.472 e. The van der Waals surface area contributed by atoms with Crippen LogP contribution in [0, 0.1) is 0 Å². The first-order valence-electron chi connectivity index (χ1n) is 3.85. The Labute approximate surface area is 73.5 Å². The lowest BCUT2D eigenvalue weighted by Crippen LogP contribution is -1.93. The third-order valence-corrected chi connectivity index (χ3v) is 1.75. The van der Waals surface area contributed by atoms with Gasteiger partial charge in [0.25, 0.3) is 0 Å². The molecular weight excluding hydrogens is 181 g/mol. The van der Waals surface area contributed by atoms with E-state index in [-0.39, 0.29) is 13.2 Å². The quantitative estimate of drug-likeness (QED) is 0.663. The van der Waals surface area contributed by atoms with Crippen LogP contribution in [0.1, 0.15) is 20.8 Å². The molecule has 0 aromatic rings. The van der Waals surface area contributed by atoms with Crippen molar-refractivity contribution in [3.63, 3.8) is 0 Å². The molecule has 0 fully saturated rings. The van der Waals surface area contributed by atoms with Gasteiger partial charge in [-0.2, -0.15) is 0 Å². The lowest BCUT2D eigenvalue weighted by atomic mass is 10.8. The third kappa shape index (κ3) is 12.7. The Kier molecular flexibility index (Phi) is 11.1. The van der Waals surface area contributed by atoms with E-state index in [0.717, 1.165) is 6.54 Å². The van der Waals surface area contributed by atoms with E-state index in [0.29, 0.717) is 0 Å². The number of hydrogen-bond acceptors (Lipinski definition) is 4. The zero-order chi connectivity index (χ0) is 10.0. The predicted octanol–water partition coefficient (Wildman–Crippen LogP) is 1.12. The summed E-state index contributed by atoms with van der Waals surface area (Å²) in [6.07, 6.45) is 0. The highest BCUT2D eigenvalue weighted by atomic mass is 31.2. The van der Waals surface area contributed by atoms with Crippen LogP contribution in [-0.4, -0.2) is 24.7 Å². The van der Waals surface area contributed by atoms with Crippen molar-refractivity contribution in [2.75, 3.05) is 19.8 Å². The zero-order valence-electron chi connectivity index (χ0n) is 7.82. The van der Waals surface area contributed by atoms with Gasteiger partial charge in [-0.15, -0.1) is 0 Å². The monoisotopic (exact) mass is 199 g/mol. The Morgan fingerprint density at radius 2 is 1.50 bits per heavy atom. The molecule has 3 N–H and O–H groups in total. The Morgan fingerprint density at radius 3 is 1.67 bits per heavy atom. The fraction of sp³-hybridized carbons (Fsp3) is 1.00. The Bertz CT molecular complexity index is 121. The van der Waals surface area contributed by atoms with Gasteiger partial charge in [0.2, 0.25) is 0 Å². The minimum atomic E-state index is -3.69. The van der Waals surface area contributed by atoms with Crippen LogP contribution in [-0.2, 0) is 13.6 Å². The summed E-state index contributed by atoms with van der Waals surface area (Å²) < 4.78 is 19.2. The predicted molar refractivity (Wildman–Crippen MR) is 47.8 cm³/mol. The molecule has 0 aromatic heterocycles. The molecule has 0 radical (unpaired) electrons. The minimum absolute atomic E-state index is 0.188. The summed E-state index contributed by atoms with van der Waals surface area (Å²) in [6, 6.07) is 0. The average molecular weight is 199 g/mol. The van der Waals surface area contributed by atoms with Crippen molar-refractivity contribution < 1.29 is 18.5 Å². The van der Waals surface area contributed by atoms with Gasteiger partial charge < -0.3 is 10.6 Å². The molecule has 0 aliphatic carbocycles. The summed E-state index contributed by atoms with van der Waals surface area (Å²) in [7, 11) is -3.69. The molecule has 0 aromatic carbocycles. The van der Waals surface area contributed by atoms with Crippen molar-refractivity contribution in [3.05, 3.63) is 0 Å². The molecule has 0 amide bonds. The molecule has 0 atom stereocenters. The highest BCUT2D eigenvalue weighted by Crippen LogP contribution is 2.42. The molecule has 0 rings (SSSR count). The van der Waals surface area contributed by atoms with Gasteiger partial charge >= 0.3 is 7.82 Å². The molecule has 0 saturated heterocycles. The van der Waals surface area contributed by atoms with Crippen LogP contribution >= 0.6 is 7.82 Å². The van der Waals surface area contributed by atoms with Crippen molar-refractivity contribution in [1.82, 2.24) is 0 Å². The number of nitrogens with two attached hydrogens (primary N) is 1. The van der Waals surface area contributed by atoms with E-state index in [4.69, 9.17) is 10.6 Å². The van der Waals surface area contributed by atoms with Gasteiger partial charge in [-0.3, -0.25) is 9.05 Å². The van der Waals surface area contributed by atoms with E-state index in [1.807, 2.05) is 6.92 Å². The Hall–Kier alpha value is 0.0700. The summed E-state index contributed by atoms with van der Waals surface area (Å²) in [6.45, 7) is 6.28. The fourth-order valence-corrected chi connectivity index (χ4v) is 1.09. The summed E-state index contributed by atoms with van der Waals surface area (Å²) >= 11 is 0. The standard InChI is InChI=1S/C4H11O4P.C2H7N/c1-3-7-9(5,6)8-4-2;1-2-3/h3-4H2,1-2H3,(H,5,6);2-3H2,1H3. The SMILES string of the molecule is CCN.CCOP(=O)(O)OCC. The normalized spacial score (nSPS) is 10.4. The first-order chi connectivity index (χ1) is 5.54. The van der Waals surface area contributed by atoms with Crippen LogP contribution in [0.2, 0.25) is 0 Å². The van der Waals surface area contributed by atoms with Gasteiger partial charge in [0.05, 0.1) is 13.2 Å². The summed E-state index contributed by atoms with van der Waals surface area (Å²) in [5.41, 5.74) is 4.85. The second kappa shape index (κ2) is 9.16. The average Bonchev–Trinajstić information content (AvgIpc) is 1.88. The van der Waals surface area contributed by atoms with E-state index in [9.17, 15) is 4.57 Å². The van der Waals surface area contributed by atoms with E-state index in [1.165, 1.54) is 0 Å². The topological polar surface area (TPSA) is 81.8 Å². The number of hydrogen-bond donors (Lipinski definition) is 2. The second-order valence-electron chi connectivity index (χ2n) is 1.71. The van der Waals surface area contributed by atoms with Gasteiger partial charge in [0.1, 0.15) is 0 Å². The van der Waals surface area contributed by atoms with E-state index in [2.05, 4.69) is 9.05 Å². The first kappa shape index (κ1) is 14.6. The van der Waals surface area contributed by atoms with Crippen LogP contribution in [0.25, 0.3) is 0 Å². The summed E-state index contributed by atoms with van der Waals surface area (Å²) in [4.78, 5) is 8.63. The van der Waals surface area contributed by atoms with E-state index < -0.39 is 7.82 Å². The van der Waals surface area contributed by atoms with Crippen molar-refractivity contribution in [2.45, 2.75) is 20.8 Å². The van der Waals surface area contributed by atoms with Gasteiger partial charge in [-0.1, -0.05) is 6.92 Å². The van der Waals surface area contributed by atoms with Gasteiger partial charge in [-0.25, -0.2) is 4.57 Å². The molecule has 5 nitrogen and oxygen atoms in total. The van der Waals surface area contributed by atoms with Crippen LogP contribution in [0.3, 0.4) is 0 Å². The molecule has 0 bridgehead atoms. The van der Waals surface area contributed by atoms with Gasteiger partial charge in [0.15, 0.2) is 0 Å². The molecule has 0 aliphatic heterocycles. The van der Waals surface area contributed by atoms with E-state index >= 15 is 0 Å². The van der Waals surface area contributed by atoms with Crippen LogP contribution in [0.4, 0.5) is 0 Å². The lowest BCUT2D eigenvalue weighted by molar-refractivity contribution is 0.161. The third-order valence-electron chi connectivity index (χ3n) is 0.584. The maximum atomic E-state index is 10.5. The molecule has 76 valence electrons. The molecular formula is C6H18NO4P. The first-order valence-corrected chi connectivity index (χ1v) is 5.35. The van der Waals surface area contributed by atoms with Crippen molar-refractivity contribution >= 4 is 7.82 Å². The Morgan fingerprint density at radius 1 is 1.25 bits per heavy atom. The van der Waals surface area contributed by atoms with Crippen molar-refractivity contribution in [1.29, 1.82) is 0 Å². The highest BCUT2D eigenvalue weighted by Gasteiger charge is 2.17. The maximum absolute atomic E-state index is 10.5. The van der Waals surface area contributed by atoms with Crippen LogP contribution in [0.15, 0.2) is 0 Å². The molecule has 0 unspecified atom stereocenters. The molecule has 0 heterocycles. The fourth-order valence-electron chi connectivity index (χ4n) is 0.364. The molecule has 12 heavy (non-hydrogen) atoms. The second-order valence-corrected chi connectivity index (χ2v) is 3.17. The van der Waals surface area contributed by atoms with E-state index in [1.54, 1.807) is 13.8 Å². The van der Waals surface area contributed by atoms with Crippen molar-refractivity contribution in [3.8, 4) is 0 Å². The number of phosphoric ester groups is 1. The van der Waals surface area contributed by atoms with Crippen molar-refractivity contribution in [2.24, 2.45) is 5.73 Å². The number of rotatable bonds is 4. The van der Waals surface area contributed by atoms with Gasteiger partial charge in [0, 0.05) is 0 Å². The highest BCUT2D eigenvalue weighted by molar-refractivity contribution is 7.47. The number of phosphoric acid groups is 1. The minimum Gasteiger partial charge on any atom is -0.331 e. The molecule has 0 saturated carbocycles. The summed E-state index contributed by atoms with van der Waals surface area (Å²) in [5, 5.41) is 0. The lowest BCUT2D eigenvalue weighted by Gasteiger charge is -2.07.